The van der Waals surface area contributed by atoms with Gasteiger partial charge >= 0.3 is 0 Å². The van der Waals surface area contributed by atoms with E-state index < -0.39 is 41.0 Å². The first-order chi connectivity index (χ1) is 33.7. The number of Topliss-reactive ketones (excluding diaryl/α,β-unsaturated/α-hetero) is 2. The van der Waals surface area contributed by atoms with Crippen molar-refractivity contribution in [3.05, 3.63) is 190 Å². The normalized spacial score (nSPS) is 22.9. The summed E-state index contributed by atoms with van der Waals surface area (Å²) in [5, 5.41) is -1.51. The summed E-state index contributed by atoms with van der Waals surface area (Å²) in [7, 11) is -7.43. The molecule has 71 heavy (non-hydrogen) atoms. The SMILES string of the molecule is CC(C)=CCCC(C)=CCCC(C)=CCC(C(C)=CCCC(C)=CCCC(C)=CCC(C(C)=CCC12C(=O)c3ccccc3C(=O)C1(C)C1C=CC2C1)S(=O)(=O)c1ccccc1)S(=O)(=O)c1ccccc1. The van der Waals surface area contributed by atoms with Gasteiger partial charge in [-0.15, -0.1) is 0 Å². The van der Waals surface area contributed by atoms with Crippen LogP contribution in [0.15, 0.2) is 188 Å². The van der Waals surface area contributed by atoms with Gasteiger partial charge in [0.25, 0.3) is 0 Å². The minimum Gasteiger partial charge on any atom is -0.293 e. The number of carbonyl (C=O) groups excluding carboxylic acids is 2. The van der Waals surface area contributed by atoms with Gasteiger partial charge in [-0.2, -0.15) is 0 Å². The van der Waals surface area contributed by atoms with Crippen LogP contribution in [0.2, 0.25) is 0 Å². The van der Waals surface area contributed by atoms with Gasteiger partial charge in [0.05, 0.1) is 31.1 Å². The lowest BCUT2D eigenvalue weighted by molar-refractivity contribution is 0.0242. The Morgan fingerprint density at radius 1 is 0.507 bits per heavy atom. The molecule has 0 aliphatic heterocycles. The largest absolute Gasteiger partial charge is 0.293 e. The summed E-state index contributed by atoms with van der Waals surface area (Å²) in [6.07, 6.45) is 28.0. The summed E-state index contributed by atoms with van der Waals surface area (Å²) < 4.78 is 57.1. The Hall–Kier alpha value is -5.18. The minimum absolute atomic E-state index is 0.00565. The third-order valence-corrected chi connectivity index (χ3v) is 20.3. The lowest BCUT2D eigenvalue weighted by Gasteiger charge is -2.50. The van der Waals surface area contributed by atoms with Gasteiger partial charge in [0.15, 0.2) is 31.2 Å². The quantitative estimate of drug-likeness (QED) is 0.0829. The molecule has 3 aliphatic rings. The maximum atomic E-state index is 14.7. The second kappa shape index (κ2) is 24.0. The van der Waals surface area contributed by atoms with Crippen molar-refractivity contribution in [2.45, 2.75) is 160 Å². The molecule has 2 bridgehead atoms. The van der Waals surface area contributed by atoms with E-state index in [0.717, 1.165) is 68.9 Å². The van der Waals surface area contributed by atoms with E-state index in [1.165, 1.54) is 22.3 Å². The van der Waals surface area contributed by atoms with E-state index in [4.69, 9.17) is 0 Å². The van der Waals surface area contributed by atoms with Gasteiger partial charge in [-0.05, 0) is 169 Å². The molecular weight excluding hydrogens is 917 g/mol. The lowest BCUT2D eigenvalue weighted by atomic mass is 9.49. The van der Waals surface area contributed by atoms with Crippen molar-refractivity contribution in [1.82, 2.24) is 0 Å². The number of ketones is 2. The zero-order valence-electron chi connectivity index (χ0n) is 43.8. The molecule has 0 saturated heterocycles. The molecule has 0 N–H and O–H groups in total. The third kappa shape index (κ3) is 12.4. The van der Waals surface area contributed by atoms with E-state index in [2.05, 4.69) is 77.2 Å². The van der Waals surface area contributed by atoms with Crippen LogP contribution in [0.25, 0.3) is 0 Å². The molecule has 1 fully saturated rings. The number of hydrogen-bond acceptors (Lipinski definition) is 6. The fourth-order valence-electron chi connectivity index (χ4n) is 11.3. The number of carbonyl (C=O) groups is 2. The van der Waals surface area contributed by atoms with Gasteiger partial charge in [0, 0.05) is 11.1 Å². The van der Waals surface area contributed by atoms with Gasteiger partial charge < -0.3 is 0 Å². The number of rotatable bonds is 24. The standard InChI is InChI=1S/C63H78O6S2/c1-45(2)22-18-23-46(3)24-19-26-48(5)36-40-58(70(66,67)54-30-12-10-13-31-54)50(7)29-21-28-47(4)25-20-27-49(6)37-41-59(71(68,69)55-32-14-11-15-33-55)51(8)42-43-63-53-39-38-52(44-53)62(63,9)60(64)56-34-16-17-35-57(56)61(63)65/h10-17,22,24-25,29-39,42,52-53,58-59H,18-21,23,26-28,40-41,43-44H2,1-9H3. The minimum atomic E-state index is -3.81. The molecular formula is C63H78O6S2. The van der Waals surface area contributed by atoms with E-state index >= 15 is 0 Å². The van der Waals surface area contributed by atoms with Crippen LogP contribution in [0, 0.1) is 22.7 Å². The summed E-state index contributed by atoms with van der Waals surface area (Å²) in [5.41, 5.74) is 6.82. The van der Waals surface area contributed by atoms with Crippen LogP contribution in [0.4, 0.5) is 0 Å². The molecule has 0 spiro atoms. The van der Waals surface area contributed by atoms with Crippen LogP contribution in [-0.4, -0.2) is 38.9 Å². The van der Waals surface area contributed by atoms with E-state index in [1.807, 2.05) is 64.1 Å². The van der Waals surface area contributed by atoms with Gasteiger partial charge in [-0.3, -0.25) is 9.59 Å². The second-order valence-corrected chi connectivity index (χ2v) is 25.4. The Bertz CT molecular complexity index is 2880. The van der Waals surface area contributed by atoms with Gasteiger partial charge in [0.1, 0.15) is 0 Å². The van der Waals surface area contributed by atoms with Gasteiger partial charge in [0.2, 0.25) is 0 Å². The van der Waals surface area contributed by atoms with Crippen molar-refractivity contribution in [1.29, 1.82) is 0 Å². The topological polar surface area (TPSA) is 102 Å². The number of hydrogen-bond donors (Lipinski definition) is 0. The summed E-state index contributed by atoms with van der Waals surface area (Å²) >= 11 is 0. The Morgan fingerprint density at radius 2 is 0.901 bits per heavy atom. The maximum Gasteiger partial charge on any atom is 0.185 e. The molecule has 3 aromatic rings. The summed E-state index contributed by atoms with van der Waals surface area (Å²) in [6.45, 7) is 18.5. The van der Waals surface area contributed by atoms with Crippen LogP contribution >= 0.6 is 0 Å². The number of sulfone groups is 2. The molecule has 0 radical (unpaired) electrons. The van der Waals surface area contributed by atoms with Crippen molar-refractivity contribution >= 4 is 31.2 Å². The second-order valence-electron chi connectivity index (χ2n) is 21.1. The van der Waals surface area contributed by atoms with Gasteiger partial charge in [-0.1, -0.05) is 161 Å². The van der Waals surface area contributed by atoms with Crippen molar-refractivity contribution in [3.8, 4) is 0 Å². The first-order valence-corrected chi connectivity index (χ1v) is 28.9. The Kier molecular flexibility index (Phi) is 18.7. The molecule has 6 nitrogen and oxygen atoms in total. The first-order valence-electron chi connectivity index (χ1n) is 25.8. The zero-order valence-corrected chi connectivity index (χ0v) is 45.5. The van der Waals surface area contributed by atoms with Crippen molar-refractivity contribution in [2.75, 3.05) is 0 Å². The van der Waals surface area contributed by atoms with Crippen LogP contribution in [-0.2, 0) is 19.7 Å². The average molecular weight is 995 g/mol. The predicted molar refractivity (Wildman–Crippen MR) is 294 cm³/mol. The number of fused-ring (bicyclic) bond motifs is 6. The lowest BCUT2D eigenvalue weighted by Crippen LogP contribution is -2.56. The predicted octanol–water partition coefficient (Wildman–Crippen LogP) is 15.9. The molecule has 378 valence electrons. The molecule has 0 amide bonds. The maximum absolute atomic E-state index is 14.7. The molecule has 0 aromatic heterocycles. The fourth-order valence-corrected chi connectivity index (χ4v) is 14.9. The van der Waals surface area contributed by atoms with Crippen LogP contribution in [0.3, 0.4) is 0 Å². The van der Waals surface area contributed by atoms with Crippen LogP contribution in [0.1, 0.15) is 160 Å². The molecule has 6 rings (SSSR count). The highest BCUT2D eigenvalue weighted by atomic mass is 32.2. The highest BCUT2D eigenvalue weighted by Gasteiger charge is 2.71. The Morgan fingerprint density at radius 3 is 1.38 bits per heavy atom. The van der Waals surface area contributed by atoms with Crippen molar-refractivity contribution in [2.24, 2.45) is 22.7 Å². The van der Waals surface area contributed by atoms with E-state index in [9.17, 15) is 26.4 Å². The van der Waals surface area contributed by atoms with Crippen molar-refractivity contribution < 1.29 is 26.4 Å². The van der Waals surface area contributed by atoms with E-state index in [0.29, 0.717) is 28.0 Å². The monoisotopic (exact) mass is 995 g/mol. The summed E-state index contributed by atoms with van der Waals surface area (Å²) in [5.74, 6) is -0.162. The molecule has 8 heteroatoms. The first kappa shape index (κ1) is 55.1. The molecule has 3 aromatic carbocycles. The smallest absolute Gasteiger partial charge is 0.185 e. The molecule has 3 aliphatic carbocycles. The van der Waals surface area contributed by atoms with Gasteiger partial charge in [-0.25, -0.2) is 16.8 Å². The Balaban J connectivity index is 1.12. The average Bonchev–Trinajstić information content (AvgIpc) is 3.94. The summed E-state index contributed by atoms with van der Waals surface area (Å²) in [4.78, 5) is 29.6. The molecule has 6 unspecified atom stereocenters. The summed E-state index contributed by atoms with van der Waals surface area (Å²) in [6, 6.07) is 24.5. The van der Waals surface area contributed by atoms with Crippen LogP contribution in [0.5, 0.6) is 0 Å². The molecule has 0 heterocycles. The van der Waals surface area contributed by atoms with E-state index in [-0.39, 0.29) is 41.1 Å². The van der Waals surface area contributed by atoms with Crippen molar-refractivity contribution in [3.63, 3.8) is 0 Å². The number of allylic oxidation sites excluding steroid dienone is 14. The third-order valence-electron chi connectivity index (χ3n) is 15.9. The van der Waals surface area contributed by atoms with Crippen LogP contribution < -0.4 is 0 Å². The Labute approximate surface area is 427 Å². The highest BCUT2D eigenvalue weighted by Crippen LogP contribution is 2.69. The fraction of sp³-hybridized carbons (Fsp3) is 0.429. The molecule has 1 saturated carbocycles. The highest BCUT2D eigenvalue weighted by molar-refractivity contribution is 7.92. The zero-order chi connectivity index (χ0) is 51.6. The van der Waals surface area contributed by atoms with E-state index in [1.54, 1.807) is 60.7 Å². The molecule has 6 atom stereocenters. The number of benzene rings is 3.